The summed E-state index contributed by atoms with van der Waals surface area (Å²) in [4.78, 5) is 19.9. The first-order valence-electron chi connectivity index (χ1n) is 5.33. The fraction of sp³-hybridized carbons (Fsp3) is 0.0833. The molecule has 2 rings (SSSR count). The summed E-state index contributed by atoms with van der Waals surface area (Å²) >= 11 is 11.6. The molecule has 0 unspecified atom stereocenters. The van der Waals surface area contributed by atoms with Crippen molar-refractivity contribution in [1.29, 1.82) is 0 Å². The molecule has 0 radical (unpaired) electrons. The van der Waals surface area contributed by atoms with Gasteiger partial charge in [0.15, 0.2) is 0 Å². The van der Waals surface area contributed by atoms with Gasteiger partial charge in [0.05, 0.1) is 10.7 Å². The van der Waals surface area contributed by atoms with E-state index in [0.29, 0.717) is 22.0 Å². The molecule has 1 aromatic carbocycles. The minimum Gasteiger partial charge on any atom is -0.398 e. The van der Waals surface area contributed by atoms with E-state index < -0.39 is 0 Å². The normalized spacial score (nSPS) is 10.3. The van der Waals surface area contributed by atoms with Crippen LogP contribution in [0, 0.1) is 6.92 Å². The van der Waals surface area contributed by atoms with E-state index in [1.165, 1.54) is 6.07 Å². The van der Waals surface area contributed by atoms with E-state index in [0.717, 1.165) is 0 Å². The van der Waals surface area contributed by atoms with Gasteiger partial charge >= 0.3 is 0 Å². The third-order valence-electron chi connectivity index (χ3n) is 2.31. The number of carbonyl (C=O) groups is 1. The summed E-state index contributed by atoms with van der Waals surface area (Å²) in [6, 6.07) is 6.19. The van der Waals surface area contributed by atoms with Crippen LogP contribution >= 0.6 is 23.2 Å². The molecule has 1 amide bonds. The highest BCUT2D eigenvalue weighted by Gasteiger charge is 2.10. The van der Waals surface area contributed by atoms with Gasteiger partial charge in [-0.25, -0.2) is 9.97 Å². The van der Waals surface area contributed by atoms with Gasteiger partial charge in [0.1, 0.15) is 5.15 Å². The van der Waals surface area contributed by atoms with Crippen LogP contribution in [0.4, 0.5) is 11.6 Å². The van der Waals surface area contributed by atoms with Gasteiger partial charge in [-0.2, -0.15) is 0 Å². The number of benzene rings is 1. The second-order valence-electron chi connectivity index (χ2n) is 3.85. The zero-order valence-corrected chi connectivity index (χ0v) is 11.5. The minimum atomic E-state index is -0.386. The van der Waals surface area contributed by atoms with E-state index in [1.807, 2.05) is 0 Å². The number of nitrogens with two attached hydrogens (primary N) is 1. The van der Waals surface area contributed by atoms with E-state index in [1.54, 1.807) is 25.1 Å². The molecule has 3 N–H and O–H groups in total. The van der Waals surface area contributed by atoms with Crippen molar-refractivity contribution in [2.75, 3.05) is 11.1 Å². The Morgan fingerprint density at radius 1 is 1.26 bits per heavy atom. The van der Waals surface area contributed by atoms with Gasteiger partial charge in [-0.1, -0.05) is 23.2 Å². The van der Waals surface area contributed by atoms with E-state index >= 15 is 0 Å². The van der Waals surface area contributed by atoms with Gasteiger partial charge in [0.25, 0.3) is 5.91 Å². The van der Waals surface area contributed by atoms with Crippen molar-refractivity contribution in [3.8, 4) is 0 Å². The number of amides is 1. The zero-order chi connectivity index (χ0) is 14.0. The quantitative estimate of drug-likeness (QED) is 0.659. The van der Waals surface area contributed by atoms with Crippen molar-refractivity contribution < 1.29 is 4.79 Å². The first-order chi connectivity index (χ1) is 8.95. The maximum Gasteiger partial charge on any atom is 0.258 e. The maximum absolute atomic E-state index is 12.0. The SMILES string of the molecule is Cc1cc(Cl)nc(NC(=O)c2ccc(N)c(Cl)c2)n1. The fourth-order valence-electron chi connectivity index (χ4n) is 1.43. The Balaban J connectivity index is 2.22. The van der Waals surface area contributed by atoms with E-state index in [2.05, 4.69) is 15.3 Å². The highest BCUT2D eigenvalue weighted by molar-refractivity contribution is 6.33. The van der Waals surface area contributed by atoms with Crippen molar-refractivity contribution >= 4 is 40.7 Å². The molecule has 0 atom stereocenters. The number of rotatable bonds is 2. The third-order valence-corrected chi connectivity index (χ3v) is 2.83. The summed E-state index contributed by atoms with van der Waals surface area (Å²) in [6.07, 6.45) is 0. The summed E-state index contributed by atoms with van der Waals surface area (Å²) in [6.45, 7) is 1.75. The largest absolute Gasteiger partial charge is 0.398 e. The lowest BCUT2D eigenvalue weighted by Gasteiger charge is -2.06. The lowest BCUT2D eigenvalue weighted by molar-refractivity contribution is 0.102. The second-order valence-corrected chi connectivity index (χ2v) is 4.64. The van der Waals surface area contributed by atoms with Crippen LogP contribution < -0.4 is 11.1 Å². The monoisotopic (exact) mass is 296 g/mol. The van der Waals surface area contributed by atoms with Gasteiger partial charge in [-0.05, 0) is 31.2 Å². The van der Waals surface area contributed by atoms with Gasteiger partial charge in [0, 0.05) is 11.3 Å². The second kappa shape index (κ2) is 5.42. The molecule has 19 heavy (non-hydrogen) atoms. The molecule has 1 aromatic heterocycles. The molecule has 0 bridgehead atoms. The summed E-state index contributed by atoms with van der Waals surface area (Å²) in [7, 11) is 0. The average Bonchev–Trinajstić information content (AvgIpc) is 2.31. The Morgan fingerprint density at radius 3 is 2.63 bits per heavy atom. The average molecular weight is 297 g/mol. The Morgan fingerprint density at radius 2 is 2.00 bits per heavy atom. The van der Waals surface area contributed by atoms with E-state index in [4.69, 9.17) is 28.9 Å². The molecule has 0 saturated heterocycles. The highest BCUT2D eigenvalue weighted by Crippen LogP contribution is 2.20. The number of hydrogen-bond donors (Lipinski definition) is 2. The number of nitrogens with zero attached hydrogens (tertiary/aromatic N) is 2. The molecule has 0 aliphatic heterocycles. The van der Waals surface area contributed by atoms with Crippen LogP contribution in [0.25, 0.3) is 0 Å². The molecule has 0 aliphatic carbocycles. The predicted molar refractivity (Wildman–Crippen MR) is 75.6 cm³/mol. The molecule has 0 aliphatic rings. The summed E-state index contributed by atoms with van der Waals surface area (Å²) in [5.74, 6) is -0.244. The molecule has 98 valence electrons. The van der Waals surface area contributed by atoms with E-state index in [9.17, 15) is 4.79 Å². The molecular weight excluding hydrogens is 287 g/mol. The van der Waals surface area contributed by atoms with Crippen LogP contribution in [0.1, 0.15) is 16.1 Å². The van der Waals surface area contributed by atoms with Crippen LogP contribution in [0.5, 0.6) is 0 Å². The van der Waals surface area contributed by atoms with Gasteiger partial charge < -0.3 is 5.73 Å². The Bertz CT molecular complexity index is 625. The van der Waals surface area contributed by atoms with Crippen LogP contribution in [-0.2, 0) is 0 Å². The fourth-order valence-corrected chi connectivity index (χ4v) is 1.85. The molecule has 0 fully saturated rings. The summed E-state index contributed by atoms with van der Waals surface area (Å²) in [5.41, 5.74) is 7.01. The van der Waals surface area contributed by atoms with Gasteiger partial charge in [-0.3, -0.25) is 10.1 Å². The summed E-state index contributed by atoms with van der Waals surface area (Å²) in [5, 5.41) is 3.12. The van der Waals surface area contributed by atoms with Crippen LogP contribution in [-0.4, -0.2) is 15.9 Å². The molecule has 2 aromatic rings. The lowest BCUT2D eigenvalue weighted by Crippen LogP contribution is -2.14. The molecule has 0 saturated carbocycles. The number of halogens is 2. The molecular formula is C12H10Cl2N4O. The van der Waals surface area contributed by atoms with Gasteiger partial charge in [0.2, 0.25) is 5.95 Å². The molecule has 5 nitrogen and oxygen atoms in total. The lowest BCUT2D eigenvalue weighted by atomic mass is 10.2. The first-order valence-corrected chi connectivity index (χ1v) is 6.09. The van der Waals surface area contributed by atoms with Crippen molar-refractivity contribution in [2.24, 2.45) is 0 Å². The third kappa shape index (κ3) is 3.33. The Kier molecular flexibility index (Phi) is 3.87. The number of carbonyl (C=O) groups excluding carboxylic acids is 1. The first kappa shape index (κ1) is 13.6. The van der Waals surface area contributed by atoms with Crippen molar-refractivity contribution in [1.82, 2.24) is 9.97 Å². The van der Waals surface area contributed by atoms with Crippen molar-refractivity contribution in [2.45, 2.75) is 6.92 Å². The number of nitrogen functional groups attached to an aromatic ring is 1. The number of aromatic nitrogens is 2. The highest BCUT2D eigenvalue weighted by atomic mass is 35.5. The van der Waals surface area contributed by atoms with Crippen molar-refractivity contribution in [3.05, 3.63) is 45.7 Å². The van der Waals surface area contributed by atoms with Crippen LogP contribution in [0.2, 0.25) is 10.2 Å². The molecule has 1 heterocycles. The van der Waals surface area contributed by atoms with Gasteiger partial charge in [-0.15, -0.1) is 0 Å². The zero-order valence-electron chi connectivity index (χ0n) is 9.95. The Hall–Kier alpha value is -1.85. The predicted octanol–water partition coefficient (Wildman–Crippen LogP) is 2.93. The number of anilines is 2. The van der Waals surface area contributed by atoms with Crippen LogP contribution in [0.15, 0.2) is 24.3 Å². The number of aryl methyl sites for hydroxylation is 1. The number of hydrogen-bond acceptors (Lipinski definition) is 4. The Labute approximate surface area is 119 Å². The maximum atomic E-state index is 12.0. The smallest absolute Gasteiger partial charge is 0.258 e. The molecule has 0 spiro atoms. The van der Waals surface area contributed by atoms with Crippen molar-refractivity contribution in [3.63, 3.8) is 0 Å². The standard InChI is InChI=1S/C12H10Cl2N4O/c1-6-4-10(14)17-12(16-6)18-11(19)7-2-3-9(15)8(13)5-7/h2-5H,15H2,1H3,(H,16,17,18,19). The molecule has 7 heteroatoms. The topological polar surface area (TPSA) is 80.9 Å². The summed E-state index contributed by atoms with van der Waals surface area (Å²) < 4.78 is 0. The van der Waals surface area contributed by atoms with Crippen LogP contribution in [0.3, 0.4) is 0 Å². The van der Waals surface area contributed by atoms with E-state index in [-0.39, 0.29) is 17.0 Å². The minimum absolute atomic E-state index is 0.142. The number of nitrogens with one attached hydrogen (secondary N) is 1.